The van der Waals surface area contributed by atoms with Crippen molar-refractivity contribution in [3.63, 3.8) is 0 Å². The molecule has 106 valence electrons. The minimum atomic E-state index is 0.519. The second kappa shape index (κ2) is 6.69. The van der Waals surface area contributed by atoms with Crippen molar-refractivity contribution in [2.24, 2.45) is 5.92 Å². The summed E-state index contributed by atoms with van der Waals surface area (Å²) in [4.78, 5) is 0. The van der Waals surface area contributed by atoms with E-state index in [4.69, 9.17) is 9.47 Å². The van der Waals surface area contributed by atoms with Gasteiger partial charge in [-0.2, -0.15) is 0 Å². The first-order valence-electron chi connectivity index (χ1n) is 7.32. The molecule has 1 atom stereocenters. The molecule has 1 N–H and O–H groups in total. The van der Waals surface area contributed by atoms with Crippen molar-refractivity contribution in [1.29, 1.82) is 0 Å². The maximum atomic E-state index is 5.53. The highest BCUT2D eigenvalue weighted by molar-refractivity contribution is 5.55. The lowest BCUT2D eigenvalue weighted by molar-refractivity contribution is 0.311. The second-order valence-electron chi connectivity index (χ2n) is 5.28. The standard InChI is InChI=1S/C16H25NO2/c1-4-19-15-10-9-14(11-16(15)18-3)17-12(2)13-7-5-6-8-13/h9-13,17H,4-8H2,1-3H3. The van der Waals surface area contributed by atoms with Gasteiger partial charge in [-0.25, -0.2) is 0 Å². The molecule has 1 aromatic rings. The number of methoxy groups -OCH3 is 1. The maximum absolute atomic E-state index is 5.53. The maximum Gasteiger partial charge on any atom is 0.162 e. The van der Waals surface area contributed by atoms with Crippen molar-refractivity contribution >= 4 is 5.69 Å². The van der Waals surface area contributed by atoms with Crippen molar-refractivity contribution in [2.45, 2.75) is 45.6 Å². The SMILES string of the molecule is CCOc1ccc(NC(C)C2CCCC2)cc1OC. The van der Waals surface area contributed by atoms with Crippen LogP contribution in [0.2, 0.25) is 0 Å². The van der Waals surface area contributed by atoms with Crippen molar-refractivity contribution in [3.8, 4) is 11.5 Å². The highest BCUT2D eigenvalue weighted by Gasteiger charge is 2.21. The van der Waals surface area contributed by atoms with Gasteiger partial charge in [0.1, 0.15) is 0 Å². The Labute approximate surface area is 116 Å². The minimum Gasteiger partial charge on any atom is -0.493 e. The summed E-state index contributed by atoms with van der Waals surface area (Å²) in [6.07, 6.45) is 5.46. The molecule has 0 aromatic heterocycles. The van der Waals surface area contributed by atoms with Crippen LogP contribution in [0.1, 0.15) is 39.5 Å². The summed E-state index contributed by atoms with van der Waals surface area (Å²) in [5.74, 6) is 2.41. The highest BCUT2D eigenvalue weighted by atomic mass is 16.5. The zero-order chi connectivity index (χ0) is 13.7. The average molecular weight is 263 g/mol. The Morgan fingerprint density at radius 3 is 2.63 bits per heavy atom. The molecule has 0 radical (unpaired) electrons. The summed E-state index contributed by atoms with van der Waals surface area (Å²) in [7, 11) is 1.68. The molecule has 1 aromatic carbocycles. The largest absolute Gasteiger partial charge is 0.493 e. The lowest BCUT2D eigenvalue weighted by Crippen LogP contribution is -2.23. The van der Waals surface area contributed by atoms with Crippen LogP contribution in [-0.2, 0) is 0 Å². The smallest absolute Gasteiger partial charge is 0.162 e. The molecule has 1 fully saturated rings. The van der Waals surface area contributed by atoms with E-state index in [1.165, 1.54) is 25.7 Å². The Morgan fingerprint density at radius 2 is 2.00 bits per heavy atom. The van der Waals surface area contributed by atoms with Crippen LogP contribution in [-0.4, -0.2) is 19.8 Å². The van der Waals surface area contributed by atoms with Crippen LogP contribution in [0.25, 0.3) is 0 Å². The molecule has 0 saturated heterocycles. The number of anilines is 1. The zero-order valence-corrected chi connectivity index (χ0v) is 12.2. The molecule has 3 nitrogen and oxygen atoms in total. The van der Waals surface area contributed by atoms with Gasteiger partial charge in [0.15, 0.2) is 11.5 Å². The van der Waals surface area contributed by atoms with Crippen LogP contribution in [0, 0.1) is 5.92 Å². The summed E-state index contributed by atoms with van der Waals surface area (Å²) in [5, 5.41) is 3.59. The summed E-state index contributed by atoms with van der Waals surface area (Å²) >= 11 is 0. The fraction of sp³-hybridized carbons (Fsp3) is 0.625. The summed E-state index contributed by atoms with van der Waals surface area (Å²) in [6, 6.07) is 6.59. The van der Waals surface area contributed by atoms with Gasteiger partial charge in [0.25, 0.3) is 0 Å². The molecule has 0 aliphatic heterocycles. The van der Waals surface area contributed by atoms with E-state index in [0.29, 0.717) is 12.6 Å². The van der Waals surface area contributed by atoms with Crippen molar-refractivity contribution in [3.05, 3.63) is 18.2 Å². The van der Waals surface area contributed by atoms with Gasteiger partial charge < -0.3 is 14.8 Å². The fourth-order valence-electron chi connectivity index (χ4n) is 2.87. The first-order chi connectivity index (χ1) is 9.24. The van der Waals surface area contributed by atoms with Gasteiger partial charge in [-0.3, -0.25) is 0 Å². The minimum absolute atomic E-state index is 0.519. The summed E-state index contributed by atoms with van der Waals surface area (Å²) < 4.78 is 10.9. The van der Waals surface area contributed by atoms with E-state index < -0.39 is 0 Å². The molecule has 0 amide bonds. The van der Waals surface area contributed by atoms with Gasteiger partial charge >= 0.3 is 0 Å². The van der Waals surface area contributed by atoms with E-state index in [9.17, 15) is 0 Å². The number of hydrogen-bond acceptors (Lipinski definition) is 3. The van der Waals surface area contributed by atoms with Crippen molar-refractivity contribution < 1.29 is 9.47 Å². The van der Waals surface area contributed by atoms with E-state index in [1.54, 1.807) is 7.11 Å². The molecule has 1 unspecified atom stereocenters. The monoisotopic (exact) mass is 263 g/mol. The Bertz CT molecular complexity index is 400. The Hall–Kier alpha value is -1.38. The Morgan fingerprint density at radius 1 is 1.26 bits per heavy atom. The van der Waals surface area contributed by atoms with Gasteiger partial charge in [0, 0.05) is 17.8 Å². The third kappa shape index (κ3) is 3.55. The number of hydrogen-bond donors (Lipinski definition) is 1. The van der Waals surface area contributed by atoms with E-state index in [-0.39, 0.29) is 0 Å². The second-order valence-corrected chi connectivity index (χ2v) is 5.28. The van der Waals surface area contributed by atoms with Crippen LogP contribution in [0.5, 0.6) is 11.5 Å². The fourth-order valence-corrected chi connectivity index (χ4v) is 2.87. The molecule has 0 bridgehead atoms. The number of nitrogens with one attached hydrogen (secondary N) is 1. The first-order valence-corrected chi connectivity index (χ1v) is 7.32. The molecule has 1 aliphatic rings. The molecule has 0 spiro atoms. The third-order valence-electron chi connectivity index (χ3n) is 3.96. The normalized spacial score (nSPS) is 17.2. The van der Waals surface area contributed by atoms with Crippen LogP contribution in [0.3, 0.4) is 0 Å². The van der Waals surface area contributed by atoms with Crippen LogP contribution in [0.15, 0.2) is 18.2 Å². The Balaban J connectivity index is 2.03. The number of benzene rings is 1. The highest BCUT2D eigenvalue weighted by Crippen LogP contribution is 2.33. The molecule has 1 saturated carbocycles. The molecule has 1 aliphatic carbocycles. The average Bonchev–Trinajstić information content (AvgIpc) is 2.94. The topological polar surface area (TPSA) is 30.5 Å². The third-order valence-corrected chi connectivity index (χ3v) is 3.96. The van der Waals surface area contributed by atoms with Crippen LogP contribution >= 0.6 is 0 Å². The lowest BCUT2D eigenvalue weighted by atomic mass is 9.99. The molecule has 3 heteroatoms. The summed E-state index contributed by atoms with van der Waals surface area (Å²) in [6.45, 7) is 4.91. The predicted molar refractivity (Wildman–Crippen MR) is 79.2 cm³/mol. The van der Waals surface area contributed by atoms with Crippen molar-refractivity contribution in [2.75, 3.05) is 19.0 Å². The number of rotatable bonds is 6. The number of ether oxygens (including phenoxy) is 2. The molecular formula is C16H25NO2. The molecule has 19 heavy (non-hydrogen) atoms. The van der Waals surface area contributed by atoms with Crippen LogP contribution in [0.4, 0.5) is 5.69 Å². The summed E-state index contributed by atoms with van der Waals surface area (Å²) in [5.41, 5.74) is 1.11. The Kier molecular flexibility index (Phi) is 4.94. The van der Waals surface area contributed by atoms with E-state index in [0.717, 1.165) is 23.1 Å². The zero-order valence-electron chi connectivity index (χ0n) is 12.2. The van der Waals surface area contributed by atoms with Gasteiger partial charge in [0.05, 0.1) is 13.7 Å². The predicted octanol–water partition coefficient (Wildman–Crippen LogP) is 4.08. The van der Waals surface area contributed by atoms with Crippen molar-refractivity contribution in [1.82, 2.24) is 0 Å². The van der Waals surface area contributed by atoms with E-state index in [2.05, 4.69) is 18.3 Å². The van der Waals surface area contributed by atoms with Gasteiger partial charge in [-0.15, -0.1) is 0 Å². The van der Waals surface area contributed by atoms with Gasteiger partial charge in [-0.1, -0.05) is 12.8 Å². The van der Waals surface area contributed by atoms with Crippen LogP contribution < -0.4 is 14.8 Å². The molecule has 0 heterocycles. The van der Waals surface area contributed by atoms with E-state index in [1.807, 2.05) is 19.1 Å². The molecule has 2 rings (SSSR count). The lowest BCUT2D eigenvalue weighted by Gasteiger charge is -2.22. The van der Waals surface area contributed by atoms with Gasteiger partial charge in [0.2, 0.25) is 0 Å². The quantitative estimate of drug-likeness (QED) is 0.838. The van der Waals surface area contributed by atoms with Gasteiger partial charge in [-0.05, 0) is 44.7 Å². The first kappa shape index (κ1) is 14.0. The molecular weight excluding hydrogens is 238 g/mol. The van der Waals surface area contributed by atoms with E-state index >= 15 is 0 Å².